The van der Waals surface area contributed by atoms with Gasteiger partial charge in [-0.05, 0) is 11.4 Å². The summed E-state index contributed by atoms with van der Waals surface area (Å²) >= 11 is 3.27. The molecule has 7 heteroatoms. The average molecular weight is 273 g/mol. The number of nitrogens with zero attached hydrogens (tertiary/aromatic N) is 5. The Hall–Kier alpha value is -2.04. The predicted octanol–water partition coefficient (Wildman–Crippen LogP) is 2.38. The van der Waals surface area contributed by atoms with Crippen LogP contribution in [-0.4, -0.2) is 19.7 Å². The molecule has 0 fully saturated rings. The monoisotopic (exact) mass is 273 g/mol. The molecule has 0 aliphatic rings. The molecular formula is C11H7N5S2. The summed E-state index contributed by atoms with van der Waals surface area (Å²) in [5, 5.41) is 19.8. The van der Waals surface area contributed by atoms with Crippen molar-refractivity contribution >= 4 is 22.7 Å². The lowest BCUT2D eigenvalue weighted by Crippen LogP contribution is -2.00. The third kappa shape index (κ3) is 2.16. The van der Waals surface area contributed by atoms with Gasteiger partial charge >= 0.3 is 0 Å². The molecule has 3 aromatic heterocycles. The van der Waals surface area contributed by atoms with Crippen LogP contribution in [0.2, 0.25) is 0 Å². The number of thiazole rings is 1. The summed E-state index contributed by atoms with van der Waals surface area (Å²) in [6.07, 6.45) is 1.54. The van der Waals surface area contributed by atoms with E-state index >= 15 is 0 Å². The van der Waals surface area contributed by atoms with Gasteiger partial charge in [-0.3, -0.25) is 0 Å². The zero-order chi connectivity index (χ0) is 12.4. The standard InChI is InChI=1S/C11H7N5S2/c12-3-10-13-7-16(15-10)4-9-6-18-11(14-9)8-1-2-17-5-8/h1-2,5-7H,4H2. The Balaban J connectivity index is 1.80. The van der Waals surface area contributed by atoms with Crippen LogP contribution in [0, 0.1) is 11.3 Å². The smallest absolute Gasteiger partial charge is 0.246 e. The van der Waals surface area contributed by atoms with Crippen LogP contribution in [0.4, 0.5) is 0 Å². The van der Waals surface area contributed by atoms with Gasteiger partial charge in [0.2, 0.25) is 0 Å². The summed E-state index contributed by atoms with van der Waals surface area (Å²) in [5.74, 6) is 0.184. The fourth-order valence-electron chi connectivity index (χ4n) is 1.49. The second kappa shape index (κ2) is 4.68. The van der Waals surface area contributed by atoms with E-state index in [1.54, 1.807) is 33.7 Å². The highest BCUT2D eigenvalue weighted by Crippen LogP contribution is 2.25. The number of rotatable bonds is 3. The summed E-state index contributed by atoms with van der Waals surface area (Å²) in [7, 11) is 0. The molecule has 0 aliphatic heterocycles. The maximum absolute atomic E-state index is 8.65. The summed E-state index contributed by atoms with van der Waals surface area (Å²) in [5.41, 5.74) is 2.07. The Morgan fingerprint density at radius 2 is 2.33 bits per heavy atom. The lowest BCUT2D eigenvalue weighted by Gasteiger charge is -1.94. The molecule has 18 heavy (non-hydrogen) atoms. The second-order valence-electron chi connectivity index (χ2n) is 3.53. The van der Waals surface area contributed by atoms with E-state index in [-0.39, 0.29) is 5.82 Å². The highest BCUT2D eigenvalue weighted by atomic mass is 32.1. The summed E-state index contributed by atoms with van der Waals surface area (Å²) in [6.45, 7) is 0.537. The topological polar surface area (TPSA) is 67.4 Å². The van der Waals surface area contributed by atoms with Crippen molar-refractivity contribution in [1.82, 2.24) is 19.7 Å². The maximum atomic E-state index is 8.65. The lowest BCUT2D eigenvalue weighted by molar-refractivity contribution is 0.672. The molecule has 0 radical (unpaired) electrons. The molecule has 5 nitrogen and oxygen atoms in total. The number of nitriles is 1. The SMILES string of the molecule is N#Cc1ncn(Cc2csc(-c3ccsc3)n2)n1. The molecule has 3 rings (SSSR count). The lowest BCUT2D eigenvalue weighted by atomic mass is 10.3. The van der Waals surface area contributed by atoms with Gasteiger partial charge in [-0.2, -0.15) is 16.6 Å². The van der Waals surface area contributed by atoms with E-state index in [4.69, 9.17) is 5.26 Å². The van der Waals surface area contributed by atoms with E-state index in [0.717, 1.165) is 16.3 Å². The van der Waals surface area contributed by atoms with Crippen molar-refractivity contribution in [2.45, 2.75) is 6.54 Å². The largest absolute Gasteiger partial charge is 0.252 e. The Labute approximate surface area is 111 Å². The van der Waals surface area contributed by atoms with Crippen molar-refractivity contribution in [3.63, 3.8) is 0 Å². The van der Waals surface area contributed by atoms with Crippen LogP contribution in [0.15, 0.2) is 28.5 Å². The Kier molecular flexibility index (Phi) is 2.88. The van der Waals surface area contributed by atoms with Crippen LogP contribution in [0.1, 0.15) is 11.5 Å². The highest BCUT2D eigenvalue weighted by molar-refractivity contribution is 7.14. The average Bonchev–Trinajstić information content (AvgIpc) is 3.10. The van der Waals surface area contributed by atoms with Crippen molar-refractivity contribution in [3.05, 3.63) is 40.1 Å². The van der Waals surface area contributed by atoms with Gasteiger partial charge in [-0.25, -0.2) is 14.6 Å². The molecule has 3 aromatic rings. The number of hydrogen-bond donors (Lipinski definition) is 0. The molecule has 0 bridgehead atoms. The second-order valence-corrected chi connectivity index (χ2v) is 5.17. The van der Waals surface area contributed by atoms with Crippen molar-refractivity contribution in [3.8, 4) is 16.6 Å². The quantitative estimate of drug-likeness (QED) is 0.734. The molecule has 0 spiro atoms. The van der Waals surface area contributed by atoms with Gasteiger partial charge < -0.3 is 0 Å². The minimum atomic E-state index is 0.184. The van der Waals surface area contributed by atoms with Crippen LogP contribution in [-0.2, 0) is 6.54 Å². The number of hydrogen-bond acceptors (Lipinski definition) is 6. The van der Waals surface area contributed by atoms with Gasteiger partial charge in [0.15, 0.2) is 0 Å². The molecule has 3 heterocycles. The third-order valence-electron chi connectivity index (χ3n) is 2.28. The Bertz CT molecular complexity index is 689. The molecular weight excluding hydrogens is 266 g/mol. The van der Waals surface area contributed by atoms with Gasteiger partial charge in [0, 0.05) is 16.3 Å². The van der Waals surface area contributed by atoms with E-state index in [9.17, 15) is 0 Å². The molecule has 0 aromatic carbocycles. The van der Waals surface area contributed by atoms with Crippen LogP contribution in [0.25, 0.3) is 10.6 Å². The first-order chi connectivity index (χ1) is 8.85. The molecule has 0 atom stereocenters. The maximum Gasteiger partial charge on any atom is 0.252 e. The predicted molar refractivity (Wildman–Crippen MR) is 69.3 cm³/mol. The van der Waals surface area contributed by atoms with E-state index in [0.29, 0.717) is 6.54 Å². The van der Waals surface area contributed by atoms with Gasteiger partial charge in [0.05, 0.1) is 12.2 Å². The summed E-state index contributed by atoms with van der Waals surface area (Å²) < 4.78 is 1.62. The van der Waals surface area contributed by atoms with E-state index in [1.807, 2.05) is 16.8 Å². The number of thiophene rings is 1. The summed E-state index contributed by atoms with van der Waals surface area (Å²) in [4.78, 5) is 8.39. The van der Waals surface area contributed by atoms with Gasteiger partial charge in [-0.1, -0.05) is 0 Å². The first-order valence-corrected chi connectivity index (χ1v) is 6.94. The minimum absolute atomic E-state index is 0.184. The van der Waals surface area contributed by atoms with Crippen molar-refractivity contribution in [2.24, 2.45) is 0 Å². The molecule has 0 aliphatic carbocycles. The van der Waals surface area contributed by atoms with Crippen molar-refractivity contribution < 1.29 is 0 Å². The Morgan fingerprint density at radius 1 is 1.39 bits per heavy atom. The fraction of sp³-hybridized carbons (Fsp3) is 0.0909. The fourth-order valence-corrected chi connectivity index (χ4v) is 3.01. The van der Waals surface area contributed by atoms with Crippen molar-refractivity contribution in [2.75, 3.05) is 0 Å². The zero-order valence-corrected chi connectivity index (χ0v) is 10.8. The molecule has 88 valence electrons. The molecule has 0 unspecified atom stereocenters. The van der Waals surface area contributed by atoms with Crippen LogP contribution < -0.4 is 0 Å². The van der Waals surface area contributed by atoms with Crippen molar-refractivity contribution in [1.29, 1.82) is 5.26 Å². The van der Waals surface area contributed by atoms with Crippen LogP contribution in [0.3, 0.4) is 0 Å². The zero-order valence-electron chi connectivity index (χ0n) is 9.15. The Morgan fingerprint density at radius 3 is 3.06 bits per heavy atom. The minimum Gasteiger partial charge on any atom is -0.246 e. The van der Waals surface area contributed by atoms with E-state index in [1.165, 1.54) is 0 Å². The van der Waals surface area contributed by atoms with E-state index in [2.05, 4.69) is 26.5 Å². The molecule has 0 saturated carbocycles. The van der Waals surface area contributed by atoms with Crippen LogP contribution >= 0.6 is 22.7 Å². The van der Waals surface area contributed by atoms with Gasteiger partial charge in [-0.15, -0.1) is 16.4 Å². The number of aromatic nitrogens is 4. The summed E-state index contributed by atoms with van der Waals surface area (Å²) in [6, 6.07) is 3.95. The highest BCUT2D eigenvalue weighted by Gasteiger charge is 2.06. The molecule has 0 N–H and O–H groups in total. The normalized spacial score (nSPS) is 10.4. The van der Waals surface area contributed by atoms with Gasteiger partial charge in [0.1, 0.15) is 17.4 Å². The molecule has 0 saturated heterocycles. The van der Waals surface area contributed by atoms with Crippen LogP contribution in [0.5, 0.6) is 0 Å². The van der Waals surface area contributed by atoms with Gasteiger partial charge in [0.25, 0.3) is 5.82 Å². The first kappa shape index (κ1) is 11.1. The third-order valence-corrected chi connectivity index (χ3v) is 3.90. The van der Waals surface area contributed by atoms with E-state index < -0.39 is 0 Å². The first-order valence-electron chi connectivity index (χ1n) is 5.11. The molecule has 0 amide bonds.